The number of aromatic nitrogens is 1. The van der Waals surface area contributed by atoms with Crippen LogP contribution in [0.4, 0.5) is 0 Å². The van der Waals surface area contributed by atoms with E-state index in [-0.39, 0.29) is 5.56 Å². The van der Waals surface area contributed by atoms with Crippen LogP contribution in [0, 0.1) is 6.92 Å². The van der Waals surface area contributed by atoms with Gasteiger partial charge in [-0.1, -0.05) is 29.8 Å². The Hall–Kier alpha value is -3.34. The van der Waals surface area contributed by atoms with Gasteiger partial charge in [-0.3, -0.25) is 0 Å². The molecule has 0 spiro atoms. The zero-order chi connectivity index (χ0) is 17.6. The first kappa shape index (κ1) is 16.5. The summed E-state index contributed by atoms with van der Waals surface area (Å²) in [7, 11) is 0. The summed E-state index contributed by atoms with van der Waals surface area (Å²) < 4.78 is 11.3. The van der Waals surface area contributed by atoms with Gasteiger partial charge in [0.05, 0.1) is 5.56 Å². The summed E-state index contributed by atoms with van der Waals surface area (Å²) in [5, 5.41) is 8.85. The summed E-state index contributed by atoms with van der Waals surface area (Å²) in [6, 6.07) is 18.3. The Morgan fingerprint density at radius 1 is 1.04 bits per heavy atom. The Morgan fingerprint density at radius 2 is 1.80 bits per heavy atom. The van der Waals surface area contributed by atoms with Gasteiger partial charge in [-0.05, 0) is 42.8 Å². The van der Waals surface area contributed by atoms with Gasteiger partial charge in [0, 0.05) is 12.3 Å². The third-order valence-corrected chi connectivity index (χ3v) is 3.52. The first-order chi connectivity index (χ1) is 12.1. The summed E-state index contributed by atoms with van der Waals surface area (Å²) in [4.78, 5) is 14.8. The normalized spacial score (nSPS) is 10.3. The number of aryl methyl sites for hydroxylation is 1. The first-order valence-corrected chi connectivity index (χ1v) is 7.76. The maximum absolute atomic E-state index is 10.8. The van der Waals surface area contributed by atoms with E-state index in [4.69, 9.17) is 14.6 Å². The number of aromatic carboxylic acids is 1. The quantitative estimate of drug-likeness (QED) is 0.720. The highest BCUT2D eigenvalue weighted by molar-refractivity contribution is 5.87. The third-order valence-electron chi connectivity index (χ3n) is 3.52. The van der Waals surface area contributed by atoms with Crippen molar-refractivity contribution in [3.05, 3.63) is 83.6 Å². The molecule has 1 N–H and O–H groups in total. The van der Waals surface area contributed by atoms with Crippen molar-refractivity contribution in [2.24, 2.45) is 0 Å². The second-order valence-electron chi connectivity index (χ2n) is 5.54. The fraction of sp³-hybridized carbons (Fsp3) is 0.100. The fourth-order valence-corrected chi connectivity index (χ4v) is 2.26. The van der Waals surface area contributed by atoms with E-state index in [0.29, 0.717) is 18.2 Å². The van der Waals surface area contributed by atoms with E-state index in [2.05, 4.69) is 11.1 Å². The molecule has 3 aromatic rings. The molecule has 0 unspecified atom stereocenters. The van der Waals surface area contributed by atoms with E-state index in [0.717, 1.165) is 11.3 Å². The molecule has 0 aliphatic carbocycles. The predicted molar refractivity (Wildman–Crippen MR) is 93.2 cm³/mol. The average Bonchev–Trinajstić information content (AvgIpc) is 2.62. The molecule has 3 rings (SSSR count). The molecule has 1 heterocycles. The van der Waals surface area contributed by atoms with Crippen LogP contribution in [0.25, 0.3) is 0 Å². The largest absolute Gasteiger partial charge is 0.489 e. The Kier molecular flexibility index (Phi) is 4.95. The van der Waals surface area contributed by atoms with Crippen molar-refractivity contribution in [1.82, 2.24) is 4.98 Å². The van der Waals surface area contributed by atoms with Gasteiger partial charge in [-0.25, -0.2) is 9.78 Å². The van der Waals surface area contributed by atoms with Crippen LogP contribution in [-0.4, -0.2) is 16.1 Å². The van der Waals surface area contributed by atoms with Crippen LogP contribution in [0.1, 0.15) is 21.5 Å². The van der Waals surface area contributed by atoms with Crippen LogP contribution < -0.4 is 9.47 Å². The SMILES string of the molecule is Cc1cccc(COc2ccc(Oc3ccc(C(=O)O)cn3)cc2)c1. The lowest BCUT2D eigenvalue weighted by Crippen LogP contribution is -1.97. The fourth-order valence-electron chi connectivity index (χ4n) is 2.26. The van der Waals surface area contributed by atoms with Crippen molar-refractivity contribution >= 4 is 5.97 Å². The first-order valence-electron chi connectivity index (χ1n) is 7.76. The number of benzene rings is 2. The van der Waals surface area contributed by atoms with E-state index in [1.54, 1.807) is 12.1 Å². The molecule has 2 aromatic carbocycles. The van der Waals surface area contributed by atoms with Crippen molar-refractivity contribution in [1.29, 1.82) is 0 Å². The highest BCUT2D eigenvalue weighted by Gasteiger charge is 2.05. The van der Waals surface area contributed by atoms with Gasteiger partial charge in [0.2, 0.25) is 5.88 Å². The van der Waals surface area contributed by atoms with Gasteiger partial charge >= 0.3 is 5.97 Å². The lowest BCUT2D eigenvalue weighted by atomic mass is 10.1. The van der Waals surface area contributed by atoms with Crippen LogP contribution in [-0.2, 0) is 6.61 Å². The summed E-state index contributed by atoms with van der Waals surface area (Å²) in [6.45, 7) is 2.55. The molecule has 5 heteroatoms. The minimum atomic E-state index is -1.02. The number of ether oxygens (including phenoxy) is 2. The molecule has 0 fully saturated rings. The van der Waals surface area contributed by atoms with Crippen LogP contribution in [0.2, 0.25) is 0 Å². The van der Waals surface area contributed by atoms with E-state index >= 15 is 0 Å². The molecule has 5 nitrogen and oxygen atoms in total. The molecule has 0 atom stereocenters. The maximum atomic E-state index is 10.8. The topological polar surface area (TPSA) is 68.7 Å². The average molecular weight is 335 g/mol. The van der Waals surface area contributed by atoms with Crippen molar-refractivity contribution < 1.29 is 19.4 Å². The van der Waals surface area contributed by atoms with Gasteiger partial charge in [-0.15, -0.1) is 0 Å². The van der Waals surface area contributed by atoms with Crippen molar-refractivity contribution in [3.63, 3.8) is 0 Å². The smallest absolute Gasteiger partial charge is 0.337 e. The van der Waals surface area contributed by atoms with Gasteiger partial charge in [0.25, 0.3) is 0 Å². The lowest BCUT2D eigenvalue weighted by molar-refractivity contribution is 0.0696. The molecular formula is C20H17NO4. The number of hydrogen-bond acceptors (Lipinski definition) is 4. The second-order valence-corrected chi connectivity index (χ2v) is 5.54. The Bertz CT molecular complexity index is 858. The molecular weight excluding hydrogens is 318 g/mol. The summed E-state index contributed by atoms with van der Waals surface area (Å²) in [6.07, 6.45) is 1.26. The number of carboxylic acids is 1. The van der Waals surface area contributed by atoms with Crippen LogP contribution in [0.3, 0.4) is 0 Å². The molecule has 0 radical (unpaired) electrons. The molecule has 1 aromatic heterocycles. The third kappa shape index (κ3) is 4.57. The van der Waals surface area contributed by atoms with Crippen molar-refractivity contribution in [2.75, 3.05) is 0 Å². The molecule has 0 aliphatic rings. The van der Waals surface area contributed by atoms with Gasteiger partial charge in [0.15, 0.2) is 0 Å². The van der Waals surface area contributed by atoms with Crippen molar-refractivity contribution in [2.45, 2.75) is 13.5 Å². The molecule has 0 bridgehead atoms. The standard InChI is InChI=1S/C20H17NO4/c1-14-3-2-4-15(11-14)13-24-17-6-8-18(9-7-17)25-19-10-5-16(12-21-19)20(22)23/h2-12H,13H2,1H3,(H,22,23). The molecule has 0 amide bonds. The Morgan fingerprint density at radius 3 is 2.44 bits per heavy atom. The Balaban J connectivity index is 1.59. The monoisotopic (exact) mass is 335 g/mol. The predicted octanol–water partition coefficient (Wildman–Crippen LogP) is 4.46. The molecule has 0 saturated heterocycles. The van der Waals surface area contributed by atoms with Crippen LogP contribution in [0.15, 0.2) is 66.9 Å². The summed E-state index contributed by atoms with van der Waals surface area (Å²) in [5.41, 5.74) is 2.43. The highest BCUT2D eigenvalue weighted by Crippen LogP contribution is 2.23. The number of rotatable bonds is 6. The zero-order valence-corrected chi connectivity index (χ0v) is 13.7. The molecule has 126 valence electrons. The number of nitrogens with zero attached hydrogens (tertiary/aromatic N) is 1. The zero-order valence-electron chi connectivity index (χ0n) is 13.7. The second kappa shape index (κ2) is 7.49. The van der Waals surface area contributed by atoms with Crippen molar-refractivity contribution in [3.8, 4) is 17.4 Å². The van der Waals surface area contributed by atoms with Crippen LogP contribution in [0.5, 0.6) is 17.4 Å². The van der Waals surface area contributed by atoms with E-state index in [1.807, 2.05) is 37.3 Å². The number of pyridine rings is 1. The highest BCUT2D eigenvalue weighted by atomic mass is 16.5. The number of carbonyl (C=O) groups is 1. The number of carboxylic acid groups (broad SMARTS) is 1. The van der Waals surface area contributed by atoms with Crippen LogP contribution >= 0.6 is 0 Å². The van der Waals surface area contributed by atoms with Gasteiger partial charge < -0.3 is 14.6 Å². The molecule has 0 saturated carbocycles. The summed E-state index contributed by atoms with van der Waals surface area (Å²) in [5.74, 6) is 0.647. The lowest BCUT2D eigenvalue weighted by Gasteiger charge is -2.08. The Labute approximate surface area is 145 Å². The maximum Gasteiger partial charge on any atom is 0.337 e. The molecule has 25 heavy (non-hydrogen) atoms. The minimum Gasteiger partial charge on any atom is -0.489 e. The van der Waals surface area contributed by atoms with E-state index < -0.39 is 5.97 Å². The minimum absolute atomic E-state index is 0.118. The summed E-state index contributed by atoms with van der Waals surface area (Å²) >= 11 is 0. The van der Waals surface area contributed by atoms with E-state index in [1.165, 1.54) is 23.9 Å². The number of hydrogen-bond donors (Lipinski definition) is 1. The molecule has 0 aliphatic heterocycles. The van der Waals surface area contributed by atoms with E-state index in [9.17, 15) is 4.79 Å². The van der Waals surface area contributed by atoms with Gasteiger partial charge in [0.1, 0.15) is 18.1 Å². The van der Waals surface area contributed by atoms with Gasteiger partial charge in [-0.2, -0.15) is 0 Å².